The third kappa shape index (κ3) is 6.01. The molecule has 2 aromatic rings. The molecule has 170 valence electrons. The summed E-state index contributed by atoms with van der Waals surface area (Å²) in [6.45, 7) is 13.5. The molecule has 1 fully saturated rings. The molecule has 2 heterocycles. The lowest BCUT2D eigenvalue weighted by Crippen LogP contribution is -2.48. The van der Waals surface area contributed by atoms with Gasteiger partial charge in [0.15, 0.2) is 0 Å². The monoisotopic (exact) mass is 446 g/mol. The zero-order chi connectivity index (χ0) is 22.5. The van der Waals surface area contributed by atoms with E-state index in [1.807, 2.05) is 30.0 Å². The molecule has 1 aromatic heterocycles. The van der Waals surface area contributed by atoms with E-state index in [0.717, 1.165) is 62.7 Å². The minimum atomic E-state index is 0.232. The Labute approximate surface area is 191 Å². The Morgan fingerprint density at radius 1 is 1.19 bits per heavy atom. The number of carbonyl (C=O) groups excluding carboxylic acids is 1. The molecule has 7 heteroatoms. The summed E-state index contributed by atoms with van der Waals surface area (Å²) in [4.78, 5) is 17.2. The molecule has 1 aliphatic heterocycles. The maximum atomic E-state index is 12.8. The average molecular weight is 447 g/mol. The normalized spacial score (nSPS) is 15.0. The van der Waals surface area contributed by atoms with E-state index in [0.29, 0.717) is 17.4 Å². The Morgan fingerprint density at radius 2 is 1.90 bits per heavy atom. The minimum Gasteiger partial charge on any atom is -0.496 e. The topological polar surface area (TPSA) is 50.6 Å². The molecular weight excluding hydrogens is 412 g/mol. The number of ether oxygens (including phenoxy) is 1. The molecule has 3 rings (SSSR count). The molecule has 1 aliphatic rings. The van der Waals surface area contributed by atoms with Crippen LogP contribution in [0.3, 0.4) is 0 Å². The highest BCUT2D eigenvalue weighted by Gasteiger charge is 2.23. The van der Waals surface area contributed by atoms with Gasteiger partial charge in [-0.05, 0) is 49.9 Å². The number of hydrogen-bond donors (Lipinski definition) is 0. The number of aryl methyl sites for hydroxylation is 1. The van der Waals surface area contributed by atoms with Crippen LogP contribution in [0.5, 0.6) is 5.75 Å². The predicted octanol–water partition coefficient (Wildman–Crippen LogP) is 4.09. The lowest BCUT2D eigenvalue weighted by molar-refractivity contribution is -0.133. The number of aromatic nitrogens is 2. The van der Waals surface area contributed by atoms with Crippen molar-refractivity contribution in [2.45, 2.75) is 53.6 Å². The molecule has 6 nitrogen and oxygen atoms in total. The molecule has 1 aromatic carbocycles. The van der Waals surface area contributed by atoms with Crippen molar-refractivity contribution in [3.05, 3.63) is 45.7 Å². The van der Waals surface area contributed by atoms with Crippen LogP contribution < -0.4 is 4.74 Å². The van der Waals surface area contributed by atoms with Gasteiger partial charge in [0, 0.05) is 62.0 Å². The van der Waals surface area contributed by atoms with Gasteiger partial charge in [0.05, 0.1) is 12.8 Å². The summed E-state index contributed by atoms with van der Waals surface area (Å²) in [6.07, 6.45) is 1.30. The van der Waals surface area contributed by atoms with E-state index in [-0.39, 0.29) is 5.91 Å². The molecule has 0 bridgehead atoms. The van der Waals surface area contributed by atoms with Gasteiger partial charge < -0.3 is 9.64 Å². The van der Waals surface area contributed by atoms with E-state index in [9.17, 15) is 4.79 Å². The number of carbonyl (C=O) groups is 1. The van der Waals surface area contributed by atoms with E-state index in [2.05, 4.69) is 35.5 Å². The lowest BCUT2D eigenvalue weighted by atomic mass is 10.1. The number of nitrogens with zero attached hydrogens (tertiary/aromatic N) is 4. The van der Waals surface area contributed by atoms with E-state index in [4.69, 9.17) is 16.3 Å². The van der Waals surface area contributed by atoms with Crippen LogP contribution in [0.25, 0.3) is 0 Å². The maximum Gasteiger partial charge on any atom is 0.222 e. The zero-order valence-electron chi connectivity index (χ0n) is 19.4. The molecule has 1 saturated heterocycles. The van der Waals surface area contributed by atoms with Crippen LogP contribution in [0.1, 0.15) is 42.8 Å². The molecule has 0 saturated carbocycles. The van der Waals surface area contributed by atoms with Gasteiger partial charge in [-0.3, -0.25) is 14.4 Å². The summed E-state index contributed by atoms with van der Waals surface area (Å²) in [5.74, 6) is 1.64. The second-order valence-electron chi connectivity index (χ2n) is 8.84. The second-order valence-corrected chi connectivity index (χ2v) is 9.27. The summed E-state index contributed by atoms with van der Waals surface area (Å²) in [5.41, 5.74) is 4.55. The van der Waals surface area contributed by atoms with Crippen LogP contribution in [0.4, 0.5) is 0 Å². The third-order valence-electron chi connectivity index (χ3n) is 6.02. The molecular formula is C24H35ClN4O2. The number of methoxy groups -OCH3 is 1. The molecule has 0 spiro atoms. The predicted molar refractivity (Wildman–Crippen MR) is 125 cm³/mol. The fourth-order valence-electron chi connectivity index (χ4n) is 4.28. The van der Waals surface area contributed by atoms with Crippen molar-refractivity contribution in [1.82, 2.24) is 19.6 Å². The number of benzene rings is 1. The number of halogens is 1. The standard InChI is InChI=1S/C24H35ClN4O2/c1-17(2)15-29-19(4)22(18(3)26-29)7-9-24(30)28-12-10-27(11-13-28)16-20-14-21(25)6-8-23(20)31-5/h6,8,14,17H,7,9-13,15-16H2,1-5H3. The van der Waals surface area contributed by atoms with E-state index >= 15 is 0 Å². The Hall–Kier alpha value is -2.05. The summed E-state index contributed by atoms with van der Waals surface area (Å²) in [5, 5.41) is 5.39. The van der Waals surface area contributed by atoms with Gasteiger partial charge in [0.2, 0.25) is 5.91 Å². The van der Waals surface area contributed by atoms with Gasteiger partial charge in [0.25, 0.3) is 0 Å². The van der Waals surface area contributed by atoms with Crippen molar-refractivity contribution in [2.24, 2.45) is 5.92 Å². The SMILES string of the molecule is COc1ccc(Cl)cc1CN1CCN(C(=O)CCc2c(C)nn(CC(C)C)c2C)CC1. The van der Waals surface area contributed by atoms with Gasteiger partial charge in [-0.2, -0.15) is 5.10 Å². The highest BCUT2D eigenvalue weighted by atomic mass is 35.5. The average Bonchev–Trinajstić information content (AvgIpc) is 2.99. The van der Waals surface area contributed by atoms with Crippen molar-refractivity contribution >= 4 is 17.5 Å². The van der Waals surface area contributed by atoms with Crippen LogP contribution in [0.15, 0.2) is 18.2 Å². The van der Waals surface area contributed by atoms with E-state index in [1.165, 1.54) is 11.3 Å². The fourth-order valence-corrected chi connectivity index (χ4v) is 4.47. The maximum absolute atomic E-state index is 12.8. The third-order valence-corrected chi connectivity index (χ3v) is 6.25. The Balaban J connectivity index is 1.51. The van der Waals surface area contributed by atoms with Gasteiger partial charge >= 0.3 is 0 Å². The smallest absolute Gasteiger partial charge is 0.222 e. The number of hydrogen-bond acceptors (Lipinski definition) is 4. The van der Waals surface area contributed by atoms with Gasteiger partial charge in [-0.1, -0.05) is 25.4 Å². The first-order valence-corrected chi connectivity index (χ1v) is 11.5. The summed E-state index contributed by atoms with van der Waals surface area (Å²) < 4.78 is 7.55. The van der Waals surface area contributed by atoms with Gasteiger partial charge in [-0.25, -0.2) is 0 Å². The molecule has 0 radical (unpaired) electrons. The van der Waals surface area contributed by atoms with Crippen molar-refractivity contribution in [3.63, 3.8) is 0 Å². The summed E-state index contributed by atoms with van der Waals surface area (Å²) in [7, 11) is 1.68. The van der Waals surface area contributed by atoms with Crippen LogP contribution in [0, 0.1) is 19.8 Å². The Morgan fingerprint density at radius 3 is 2.55 bits per heavy atom. The Kier molecular flexibility index (Phi) is 8.00. The molecule has 0 unspecified atom stereocenters. The van der Waals surface area contributed by atoms with Crippen molar-refractivity contribution in [1.29, 1.82) is 0 Å². The molecule has 1 amide bonds. The first-order valence-electron chi connectivity index (χ1n) is 11.1. The molecule has 0 atom stereocenters. The number of piperazine rings is 1. The van der Waals surface area contributed by atoms with Crippen molar-refractivity contribution in [2.75, 3.05) is 33.3 Å². The summed E-state index contributed by atoms with van der Waals surface area (Å²) >= 11 is 6.16. The second kappa shape index (κ2) is 10.5. The number of amides is 1. The number of rotatable bonds is 8. The molecule has 0 N–H and O–H groups in total. The Bertz CT molecular complexity index is 901. The minimum absolute atomic E-state index is 0.232. The van der Waals surface area contributed by atoms with Gasteiger partial charge in [-0.15, -0.1) is 0 Å². The highest BCUT2D eigenvalue weighted by molar-refractivity contribution is 6.30. The quantitative estimate of drug-likeness (QED) is 0.612. The lowest BCUT2D eigenvalue weighted by Gasteiger charge is -2.35. The van der Waals surface area contributed by atoms with Gasteiger partial charge in [0.1, 0.15) is 5.75 Å². The van der Waals surface area contributed by atoms with Crippen LogP contribution in [0.2, 0.25) is 5.02 Å². The van der Waals surface area contributed by atoms with Crippen LogP contribution in [-0.4, -0.2) is 58.8 Å². The zero-order valence-corrected chi connectivity index (χ0v) is 20.2. The molecule has 31 heavy (non-hydrogen) atoms. The largest absolute Gasteiger partial charge is 0.496 e. The molecule has 0 aliphatic carbocycles. The van der Waals surface area contributed by atoms with E-state index in [1.54, 1.807) is 7.11 Å². The first kappa shape index (κ1) is 23.6. The first-order chi connectivity index (χ1) is 14.8. The summed E-state index contributed by atoms with van der Waals surface area (Å²) in [6, 6.07) is 5.71. The van der Waals surface area contributed by atoms with Crippen LogP contribution in [-0.2, 0) is 24.3 Å². The van der Waals surface area contributed by atoms with Crippen LogP contribution >= 0.6 is 11.6 Å². The highest BCUT2D eigenvalue weighted by Crippen LogP contribution is 2.24. The fraction of sp³-hybridized carbons (Fsp3) is 0.583. The van der Waals surface area contributed by atoms with Crippen molar-refractivity contribution in [3.8, 4) is 5.75 Å². The van der Waals surface area contributed by atoms with Crippen molar-refractivity contribution < 1.29 is 9.53 Å². The van der Waals surface area contributed by atoms with E-state index < -0.39 is 0 Å².